The minimum atomic E-state index is -3.14. The summed E-state index contributed by atoms with van der Waals surface area (Å²) in [6.07, 6.45) is 3.53. The van der Waals surface area contributed by atoms with Crippen molar-refractivity contribution >= 4 is 15.9 Å². The van der Waals surface area contributed by atoms with Crippen LogP contribution in [0, 0.1) is 11.3 Å². The van der Waals surface area contributed by atoms with Gasteiger partial charge in [-0.3, -0.25) is 9.69 Å². The molecule has 2 heterocycles. The number of sulfonamides is 1. The van der Waals surface area contributed by atoms with Gasteiger partial charge in [0.05, 0.1) is 11.8 Å². The zero-order chi connectivity index (χ0) is 19.9. The SMILES string of the molecule is CN(C)C(=O)CN1C[C@H]2CN(S(=O)(=O)C3CC3)C[C@@]2(CCc2ccccc2)C1. The van der Waals surface area contributed by atoms with E-state index in [0.717, 1.165) is 38.8 Å². The van der Waals surface area contributed by atoms with Crippen LogP contribution in [0.1, 0.15) is 24.8 Å². The number of rotatable bonds is 7. The fourth-order valence-electron chi connectivity index (χ4n) is 4.86. The van der Waals surface area contributed by atoms with Gasteiger partial charge in [0.25, 0.3) is 0 Å². The summed E-state index contributed by atoms with van der Waals surface area (Å²) >= 11 is 0. The first-order chi connectivity index (χ1) is 13.3. The molecule has 28 heavy (non-hydrogen) atoms. The third-order valence-corrected chi connectivity index (χ3v) is 9.03. The number of fused-ring (bicyclic) bond motifs is 1. The molecule has 0 N–H and O–H groups in total. The number of hydrogen-bond donors (Lipinski definition) is 0. The molecule has 0 aromatic heterocycles. The molecule has 2 atom stereocenters. The Kier molecular flexibility index (Phi) is 5.27. The molecule has 0 unspecified atom stereocenters. The summed E-state index contributed by atoms with van der Waals surface area (Å²) in [6, 6.07) is 10.4. The van der Waals surface area contributed by atoms with Crippen LogP contribution in [0.5, 0.6) is 0 Å². The predicted molar refractivity (Wildman–Crippen MR) is 109 cm³/mol. The van der Waals surface area contributed by atoms with E-state index in [1.165, 1.54) is 5.56 Å². The van der Waals surface area contributed by atoms with E-state index >= 15 is 0 Å². The molecule has 0 bridgehead atoms. The molecule has 154 valence electrons. The molecule has 2 saturated heterocycles. The highest BCUT2D eigenvalue weighted by Crippen LogP contribution is 2.48. The molecule has 7 heteroatoms. The van der Waals surface area contributed by atoms with Gasteiger partial charge in [0, 0.05) is 45.7 Å². The summed E-state index contributed by atoms with van der Waals surface area (Å²) in [7, 11) is 0.429. The molecular weight excluding hydrogens is 374 g/mol. The van der Waals surface area contributed by atoms with Crippen LogP contribution in [0.3, 0.4) is 0 Å². The Hall–Kier alpha value is -1.44. The van der Waals surface area contributed by atoms with Crippen molar-refractivity contribution in [1.82, 2.24) is 14.1 Å². The number of benzene rings is 1. The van der Waals surface area contributed by atoms with Crippen molar-refractivity contribution in [1.29, 1.82) is 0 Å². The van der Waals surface area contributed by atoms with Gasteiger partial charge in [0.1, 0.15) is 0 Å². The number of carbonyl (C=O) groups excluding carboxylic acids is 1. The molecule has 2 aliphatic heterocycles. The molecule has 0 radical (unpaired) electrons. The lowest BCUT2D eigenvalue weighted by atomic mass is 9.76. The number of likely N-dealkylation sites (N-methyl/N-ethyl adjacent to an activating group) is 1. The molecule has 0 spiro atoms. The number of aryl methyl sites for hydroxylation is 1. The van der Waals surface area contributed by atoms with E-state index in [1.807, 2.05) is 6.07 Å². The van der Waals surface area contributed by atoms with E-state index in [4.69, 9.17) is 0 Å². The summed E-state index contributed by atoms with van der Waals surface area (Å²) < 4.78 is 27.5. The van der Waals surface area contributed by atoms with Crippen LogP contribution in [-0.4, -0.2) is 80.5 Å². The Balaban J connectivity index is 1.51. The van der Waals surface area contributed by atoms with Crippen molar-refractivity contribution < 1.29 is 13.2 Å². The number of nitrogens with zero attached hydrogens (tertiary/aromatic N) is 3. The second-order valence-electron chi connectivity index (χ2n) is 9.04. The Bertz CT molecular complexity index is 823. The van der Waals surface area contributed by atoms with Gasteiger partial charge < -0.3 is 4.90 Å². The van der Waals surface area contributed by atoms with E-state index in [-0.39, 0.29) is 16.6 Å². The molecule has 1 aliphatic carbocycles. The summed E-state index contributed by atoms with van der Waals surface area (Å²) in [5, 5.41) is -0.149. The zero-order valence-corrected chi connectivity index (χ0v) is 17.7. The van der Waals surface area contributed by atoms with E-state index < -0.39 is 10.0 Å². The number of hydrogen-bond acceptors (Lipinski definition) is 4. The Morgan fingerprint density at radius 2 is 1.86 bits per heavy atom. The summed E-state index contributed by atoms with van der Waals surface area (Å²) in [4.78, 5) is 16.1. The van der Waals surface area contributed by atoms with E-state index in [1.54, 1.807) is 23.3 Å². The highest BCUT2D eigenvalue weighted by atomic mass is 32.2. The Morgan fingerprint density at radius 1 is 1.14 bits per heavy atom. The van der Waals surface area contributed by atoms with E-state index in [9.17, 15) is 13.2 Å². The van der Waals surface area contributed by atoms with Crippen molar-refractivity contribution in [3.05, 3.63) is 35.9 Å². The van der Waals surface area contributed by atoms with Gasteiger partial charge in [-0.25, -0.2) is 12.7 Å². The van der Waals surface area contributed by atoms with Crippen LogP contribution < -0.4 is 0 Å². The van der Waals surface area contributed by atoms with E-state index in [2.05, 4.69) is 29.2 Å². The molecule has 1 aromatic rings. The van der Waals surface area contributed by atoms with Gasteiger partial charge in [-0.1, -0.05) is 30.3 Å². The molecule has 3 fully saturated rings. The maximum Gasteiger partial charge on any atom is 0.236 e. The first kappa shape index (κ1) is 19.9. The third-order valence-electron chi connectivity index (χ3n) is 6.72. The monoisotopic (exact) mass is 405 g/mol. The van der Waals surface area contributed by atoms with E-state index in [0.29, 0.717) is 25.6 Å². The third kappa shape index (κ3) is 3.84. The molecule has 6 nitrogen and oxygen atoms in total. The van der Waals surface area contributed by atoms with Gasteiger partial charge in [0.2, 0.25) is 15.9 Å². The first-order valence-electron chi connectivity index (χ1n) is 10.3. The van der Waals surface area contributed by atoms with Crippen LogP contribution >= 0.6 is 0 Å². The fraction of sp³-hybridized carbons (Fsp3) is 0.667. The molecule has 1 saturated carbocycles. The molecule has 4 rings (SSSR count). The average molecular weight is 406 g/mol. The van der Waals surface area contributed by atoms with Gasteiger partial charge >= 0.3 is 0 Å². The van der Waals surface area contributed by atoms with Gasteiger partial charge in [0.15, 0.2) is 0 Å². The van der Waals surface area contributed by atoms with Gasteiger partial charge in [-0.15, -0.1) is 0 Å². The Morgan fingerprint density at radius 3 is 2.50 bits per heavy atom. The van der Waals surface area contributed by atoms with Crippen molar-refractivity contribution in [3.63, 3.8) is 0 Å². The minimum Gasteiger partial charge on any atom is -0.348 e. The van der Waals surface area contributed by atoms with Crippen molar-refractivity contribution in [2.24, 2.45) is 11.3 Å². The second-order valence-corrected chi connectivity index (χ2v) is 11.3. The largest absolute Gasteiger partial charge is 0.348 e. The summed E-state index contributed by atoms with van der Waals surface area (Å²) in [5.41, 5.74) is 1.24. The predicted octanol–water partition coefficient (Wildman–Crippen LogP) is 1.43. The summed E-state index contributed by atoms with van der Waals surface area (Å²) in [5.74, 6) is 0.417. The Labute approximate surface area is 168 Å². The summed E-state index contributed by atoms with van der Waals surface area (Å²) in [6.45, 7) is 3.26. The minimum absolute atomic E-state index is 0.0512. The smallest absolute Gasteiger partial charge is 0.236 e. The second kappa shape index (κ2) is 7.43. The topological polar surface area (TPSA) is 60.9 Å². The average Bonchev–Trinajstić information content (AvgIpc) is 3.38. The fourth-order valence-corrected chi connectivity index (χ4v) is 6.84. The number of likely N-dealkylation sites (tertiary alicyclic amines) is 1. The maximum atomic E-state index is 12.8. The quantitative estimate of drug-likeness (QED) is 0.689. The standard InChI is InChI=1S/C21H31N3O3S/c1-22(2)20(25)14-23-12-18-13-24(28(26,27)19-8-9-19)16-21(18,15-23)11-10-17-6-4-3-5-7-17/h3-7,18-19H,8-16H2,1-2H3/t18-,21+/m0/s1. The normalized spacial score (nSPS) is 28.4. The lowest BCUT2D eigenvalue weighted by Gasteiger charge is -2.30. The van der Waals surface area contributed by atoms with Crippen LogP contribution in [-0.2, 0) is 21.2 Å². The van der Waals surface area contributed by atoms with Crippen molar-refractivity contribution in [3.8, 4) is 0 Å². The molecule has 3 aliphatic rings. The zero-order valence-electron chi connectivity index (χ0n) is 16.9. The maximum absolute atomic E-state index is 12.8. The van der Waals surface area contributed by atoms with Crippen LogP contribution in [0.25, 0.3) is 0 Å². The number of carbonyl (C=O) groups is 1. The highest BCUT2D eigenvalue weighted by molar-refractivity contribution is 7.90. The molecule has 1 amide bonds. The van der Waals surface area contributed by atoms with Crippen molar-refractivity contribution in [2.45, 2.75) is 30.9 Å². The highest BCUT2D eigenvalue weighted by Gasteiger charge is 2.56. The van der Waals surface area contributed by atoms with Gasteiger partial charge in [-0.05, 0) is 37.2 Å². The van der Waals surface area contributed by atoms with Crippen LogP contribution in [0.4, 0.5) is 0 Å². The van der Waals surface area contributed by atoms with Crippen LogP contribution in [0.15, 0.2) is 30.3 Å². The van der Waals surface area contributed by atoms with Gasteiger partial charge in [-0.2, -0.15) is 0 Å². The molecule has 1 aromatic carbocycles. The molecular formula is C21H31N3O3S. The van der Waals surface area contributed by atoms with Crippen molar-refractivity contribution in [2.75, 3.05) is 46.8 Å². The number of amides is 1. The first-order valence-corrected chi connectivity index (χ1v) is 11.8. The lowest BCUT2D eigenvalue weighted by Crippen LogP contribution is -2.41. The van der Waals surface area contributed by atoms with Crippen LogP contribution in [0.2, 0.25) is 0 Å². The lowest BCUT2D eigenvalue weighted by molar-refractivity contribution is -0.129.